The molecule has 6 heteroatoms. The monoisotopic (exact) mass is 299 g/mol. The largest absolute Gasteiger partial charge is 0.355 e. The van der Waals surface area contributed by atoms with E-state index < -0.39 is 0 Å². The molecule has 1 saturated heterocycles. The molecular formula is C15H17N5S. The highest BCUT2D eigenvalue weighted by molar-refractivity contribution is 7.18. The van der Waals surface area contributed by atoms with E-state index in [-0.39, 0.29) is 0 Å². The van der Waals surface area contributed by atoms with Gasteiger partial charge >= 0.3 is 0 Å². The summed E-state index contributed by atoms with van der Waals surface area (Å²) < 4.78 is 0. The number of hydrogen-bond acceptors (Lipinski definition) is 5. The maximum absolute atomic E-state index is 4.55. The van der Waals surface area contributed by atoms with Crippen molar-refractivity contribution in [2.24, 2.45) is 0 Å². The zero-order chi connectivity index (χ0) is 14.2. The summed E-state index contributed by atoms with van der Waals surface area (Å²) >= 11 is 1.77. The molecule has 1 atom stereocenters. The second-order valence-corrected chi connectivity index (χ2v) is 6.54. The third kappa shape index (κ3) is 2.19. The summed E-state index contributed by atoms with van der Waals surface area (Å²) in [5, 5.41) is 8.35. The van der Waals surface area contributed by atoms with E-state index in [0.29, 0.717) is 5.92 Å². The van der Waals surface area contributed by atoms with E-state index in [1.54, 1.807) is 17.7 Å². The van der Waals surface area contributed by atoms with Gasteiger partial charge in [-0.1, -0.05) is 6.92 Å². The van der Waals surface area contributed by atoms with Crippen molar-refractivity contribution in [2.45, 2.75) is 25.7 Å². The smallest absolute Gasteiger partial charge is 0.140 e. The highest BCUT2D eigenvalue weighted by Crippen LogP contribution is 2.34. The normalized spacial score (nSPS) is 18.7. The van der Waals surface area contributed by atoms with Crippen molar-refractivity contribution in [1.82, 2.24) is 20.2 Å². The van der Waals surface area contributed by atoms with E-state index in [1.807, 2.05) is 6.20 Å². The van der Waals surface area contributed by atoms with Crippen molar-refractivity contribution in [3.8, 4) is 0 Å². The predicted molar refractivity (Wildman–Crippen MR) is 85.0 cm³/mol. The summed E-state index contributed by atoms with van der Waals surface area (Å²) in [5.74, 6) is 1.60. The van der Waals surface area contributed by atoms with Crippen molar-refractivity contribution in [3.05, 3.63) is 35.2 Å². The number of aryl methyl sites for hydroxylation is 1. The summed E-state index contributed by atoms with van der Waals surface area (Å²) in [5.41, 5.74) is 1.22. The Hall–Kier alpha value is -1.95. The van der Waals surface area contributed by atoms with E-state index >= 15 is 0 Å². The lowest BCUT2D eigenvalue weighted by Gasteiger charge is -2.17. The molecule has 3 aromatic rings. The number of rotatable bonds is 3. The molecule has 1 N–H and O–H groups in total. The van der Waals surface area contributed by atoms with E-state index in [0.717, 1.165) is 36.6 Å². The minimum atomic E-state index is 0.516. The topological polar surface area (TPSA) is 57.7 Å². The molecule has 3 aromatic heterocycles. The lowest BCUT2D eigenvalue weighted by molar-refractivity contribution is 0.737. The summed E-state index contributed by atoms with van der Waals surface area (Å²) in [4.78, 5) is 13.8. The van der Waals surface area contributed by atoms with Gasteiger partial charge in [-0.2, -0.15) is 5.10 Å². The molecule has 0 aliphatic carbocycles. The zero-order valence-electron chi connectivity index (χ0n) is 11.9. The highest BCUT2D eigenvalue weighted by Gasteiger charge is 2.27. The Kier molecular flexibility index (Phi) is 3.11. The van der Waals surface area contributed by atoms with Gasteiger partial charge < -0.3 is 4.90 Å². The van der Waals surface area contributed by atoms with Gasteiger partial charge in [0.1, 0.15) is 17.0 Å². The van der Waals surface area contributed by atoms with Gasteiger partial charge in [-0.15, -0.1) is 11.3 Å². The van der Waals surface area contributed by atoms with Crippen LogP contribution in [0.15, 0.2) is 24.7 Å². The van der Waals surface area contributed by atoms with Crippen LogP contribution in [0, 0.1) is 0 Å². The van der Waals surface area contributed by atoms with Crippen molar-refractivity contribution in [1.29, 1.82) is 0 Å². The molecule has 1 aliphatic rings. The molecule has 0 amide bonds. The van der Waals surface area contributed by atoms with Crippen LogP contribution in [0.4, 0.5) is 5.82 Å². The van der Waals surface area contributed by atoms with Crippen molar-refractivity contribution < 1.29 is 0 Å². The summed E-state index contributed by atoms with van der Waals surface area (Å²) in [6.07, 6.45) is 5.71. The first-order chi connectivity index (χ1) is 10.3. The van der Waals surface area contributed by atoms with Crippen LogP contribution in [0.25, 0.3) is 10.2 Å². The lowest BCUT2D eigenvalue weighted by Crippen LogP contribution is -2.20. The zero-order valence-corrected chi connectivity index (χ0v) is 12.7. The van der Waals surface area contributed by atoms with Crippen LogP contribution in [-0.4, -0.2) is 33.3 Å². The average Bonchev–Trinajstić information content (AvgIpc) is 3.24. The molecule has 0 saturated carbocycles. The molecule has 4 rings (SSSR count). The predicted octanol–water partition coefficient (Wildman–Crippen LogP) is 2.97. The quantitative estimate of drug-likeness (QED) is 0.808. The maximum atomic E-state index is 4.55. The van der Waals surface area contributed by atoms with E-state index in [2.05, 4.69) is 44.1 Å². The number of aromatic amines is 1. The first kappa shape index (κ1) is 12.8. The number of anilines is 1. The van der Waals surface area contributed by atoms with Crippen LogP contribution in [-0.2, 0) is 6.42 Å². The number of hydrogen-bond donors (Lipinski definition) is 1. The highest BCUT2D eigenvalue weighted by atomic mass is 32.1. The van der Waals surface area contributed by atoms with Gasteiger partial charge in [0, 0.05) is 35.8 Å². The van der Waals surface area contributed by atoms with Gasteiger partial charge in [-0.3, -0.25) is 5.10 Å². The number of H-pyrrole nitrogens is 1. The van der Waals surface area contributed by atoms with Crippen LogP contribution < -0.4 is 4.90 Å². The second kappa shape index (κ2) is 5.11. The molecule has 108 valence electrons. The Balaban J connectivity index is 1.66. The van der Waals surface area contributed by atoms with Crippen LogP contribution >= 0.6 is 11.3 Å². The maximum Gasteiger partial charge on any atom is 0.140 e. The van der Waals surface area contributed by atoms with Gasteiger partial charge in [-0.05, 0) is 25.0 Å². The Bertz CT molecular complexity index is 749. The molecule has 1 unspecified atom stereocenters. The minimum Gasteiger partial charge on any atom is -0.355 e. The molecule has 0 radical (unpaired) electrons. The van der Waals surface area contributed by atoms with Gasteiger partial charge in [0.2, 0.25) is 0 Å². The fourth-order valence-electron chi connectivity index (χ4n) is 3.02. The minimum absolute atomic E-state index is 0.516. The molecule has 0 spiro atoms. The molecule has 1 fully saturated rings. The SMILES string of the molecule is CCc1cc2c(N3CCC(c4ccn[nH]4)C3)ncnc2s1. The Morgan fingerprint density at radius 3 is 3.19 bits per heavy atom. The molecular weight excluding hydrogens is 282 g/mol. The number of nitrogens with zero attached hydrogens (tertiary/aromatic N) is 4. The van der Waals surface area contributed by atoms with Crippen LogP contribution in [0.3, 0.4) is 0 Å². The Morgan fingerprint density at radius 1 is 1.43 bits per heavy atom. The Labute approximate surface area is 127 Å². The van der Waals surface area contributed by atoms with Gasteiger partial charge in [0.05, 0.1) is 5.39 Å². The third-order valence-corrected chi connectivity index (χ3v) is 5.35. The molecule has 4 heterocycles. The number of aromatic nitrogens is 4. The number of thiophene rings is 1. The molecule has 21 heavy (non-hydrogen) atoms. The summed E-state index contributed by atoms with van der Waals surface area (Å²) in [7, 11) is 0. The standard InChI is InChI=1S/C15H17N5S/c1-2-11-7-12-14(16-9-17-15(12)21-11)20-6-4-10(8-20)13-3-5-18-19-13/h3,5,7,9-10H,2,4,6,8H2,1H3,(H,18,19). The third-order valence-electron chi connectivity index (χ3n) is 4.16. The van der Waals surface area contributed by atoms with E-state index in [1.165, 1.54) is 16.0 Å². The first-order valence-electron chi connectivity index (χ1n) is 7.32. The van der Waals surface area contributed by atoms with Crippen molar-refractivity contribution in [3.63, 3.8) is 0 Å². The molecule has 5 nitrogen and oxygen atoms in total. The average molecular weight is 299 g/mol. The van der Waals surface area contributed by atoms with Crippen molar-refractivity contribution >= 4 is 27.4 Å². The summed E-state index contributed by atoms with van der Waals surface area (Å²) in [6.45, 7) is 4.21. The van der Waals surface area contributed by atoms with E-state index in [4.69, 9.17) is 0 Å². The lowest BCUT2D eigenvalue weighted by atomic mass is 10.1. The molecule has 0 bridgehead atoms. The first-order valence-corrected chi connectivity index (χ1v) is 8.14. The molecule has 1 aliphatic heterocycles. The number of nitrogens with one attached hydrogen (secondary N) is 1. The van der Waals surface area contributed by atoms with Gasteiger partial charge in [0.25, 0.3) is 0 Å². The summed E-state index contributed by atoms with van der Waals surface area (Å²) in [6, 6.07) is 4.32. The van der Waals surface area contributed by atoms with Gasteiger partial charge in [-0.25, -0.2) is 9.97 Å². The second-order valence-electron chi connectivity index (χ2n) is 5.43. The van der Waals surface area contributed by atoms with Crippen LogP contribution in [0.2, 0.25) is 0 Å². The fourth-order valence-corrected chi connectivity index (χ4v) is 3.95. The van der Waals surface area contributed by atoms with E-state index in [9.17, 15) is 0 Å². The number of fused-ring (bicyclic) bond motifs is 1. The van der Waals surface area contributed by atoms with Crippen LogP contribution in [0.5, 0.6) is 0 Å². The molecule has 0 aromatic carbocycles. The van der Waals surface area contributed by atoms with Crippen molar-refractivity contribution in [2.75, 3.05) is 18.0 Å². The Morgan fingerprint density at radius 2 is 2.38 bits per heavy atom. The fraction of sp³-hybridized carbons (Fsp3) is 0.400. The van der Waals surface area contributed by atoms with Gasteiger partial charge in [0.15, 0.2) is 0 Å². The van der Waals surface area contributed by atoms with Crippen LogP contribution in [0.1, 0.15) is 29.8 Å².